The molecular weight excluding hydrogens is 383 g/mol. The molecule has 0 N–H and O–H groups in total. The fourth-order valence-electron chi connectivity index (χ4n) is 2.94. The highest BCUT2D eigenvalue weighted by Gasteiger charge is 2.32. The molecule has 0 aliphatic carbocycles. The number of non-ortho nitro benzene ring substituents is 1. The average Bonchev–Trinajstić information content (AvgIpc) is 2.84. The summed E-state index contributed by atoms with van der Waals surface area (Å²) in [6.45, 7) is 1.06. The Hall–Kier alpha value is -2.69. The van der Waals surface area contributed by atoms with E-state index in [1.807, 2.05) is 0 Å². The maximum Gasteiger partial charge on any atom is 0.401 e. The summed E-state index contributed by atoms with van der Waals surface area (Å²) < 4.78 is 42.5. The minimum atomic E-state index is -4.33. The lowest BCUT2D eigenvalue weighted by molar-refractivity contribution is -0.384. The van der Waals surface area contributed by atoms with Crippen LogP contribution < -0.4 is 0 Å². The number of nitro groups is 1. The number of amides is 1. The molecule has 0 aromatic heterocycles. The first-order valence-electron chi connectivity index (χ1n) is 8.65. The van der Waals surface area contributed by atoms with Crippen LogP contribution in [0.15, 0.2) is 18.2 Å². The van der Waals surface area contributed by atoms with E-state index >= 15 is 0 Å². The standard InChI is InChI=1S/C17H20F3N3O5/c1-2-28-16(25)13-8-12(9-14(10-13)23(26)27)15(24)22-5-3-4-21(6-7-22)11-17(18,19)20/h8-10H,2-7,11H2,1H3. The summed E-state index contributed by atoms with van der Waals surface area (Å²) in [7, 11) is 0. The van der Waals surface area contributed by atoms with E-state index in [1.54, 1.807) is 6.92 Å². The van der Waals surface area contributed by atoms with Crippen LogP contribution in [0.25, 0.3) is 0 Å². The number of carbonyl (C=O) groups is 2. The quantitative estimate of drug-likeness (QED) is 0.426. The van der Waals surface area contributed by atoms with Gasteiger partial charge in [-0.2, -0.15) is 13.2 Å². The second-order valence-corrected chi connectivity index (χ2v) is 6.28. The molecule has 0 unspecified atom stereocenters. The van der Waals surface area contributed by atoms with Gasteiger partial charge in [0.15, 0.2) is 0 Å². The molecule has 0 bridgehead atoms. The van der Waals surface area contributed by atoms with Crippen LogP contribution in [0, 0.1) is 10.1 Å². The number of hydrogen-bond acceptors (Lipinski definition) is 6. The van der Waals surface area contributed by atoms with E-state index in [4.69, 9.17) is 4.74 Å². The van der Waals surface area contributed by atoms with Crippen LogP contribution in [0.2, 0.25) is 0 Å². The Morgan fingerprint density at radius 2 is 1.82 bits per heavy atom. The summed E-state index contributed by atoms with van der Waals surface area (Å²) in [5, 5.41) is 11.1. The maximum atomic E-state index is 12.8. The minimum Gasteiger partial charge on any atom is -0.462 e. The van der Waals surface area contributed by atoms with Crippen molar-refractivity contribution in [1.29, 1.82) is 0 Å². The Labute approximate surface area is 159 Å². The van der Waals surface area contributed by atoms with E-state index in [2.05, 4.69) is 0 Å². The molecule has 1 aliphatic rings. The van der Waals surface area contributed by atoms with E-state index in [0.29, 0.717) is 6.42 Å². The van der Waals surface area contributed by atoms with Crippen molar-refractivity contribution >= 4 is 17.6 Å². The van der Waals surface area contributed by atoms with Gasteiger partial charge in [-0.25, -0.2) is 4.79 Å². The third-order valence-electron chi connectivity index (χ3n) is 4.17. The minimum absolute atomic E-state index is 0.0326. The van der Waals surface area contributed by atoms with Crippen molar-refractivity contribution in [2.75, 3.05) is 39.3 Å². The molecule has 0 atom stereocenters. The summed E-state index contributed by atoms with van der Waals surface area (Å²) in [4.78, 5) is 37.6. The summed E-state index contributed by atoms with van der Waals surface area (Å²) in [5.41, 5.74) is -0.656. The number of esters is 1. The van der Waals surface area contributed by atoms with E-state index in [9.17, 15) is 32.9 Å². The lowest BCUT2D eigenvalue weighted by Crippen LogP contribution is -2.38. The van der Waals surface area contributed by atoms with E-state index in [0.717, 1.165) is 12.1 Å². The second kappa shape index (κ2) is 9.00. The van der Waals surface area contributed by atoms with Gasteiger partial charge in [0.2, 0.25) is 0 Å². The number of ether oxygens (including phenoxy) is 1. The van der Waals surface area contributed by atoms with Gasteiger partial charge < -0.3 is 9.64 Å². The van der Waals surface area contributed by atoms with E-state index in [1.165, 1.54) is 15.9 Å². The van der Waals surface area contributed by atoms with Crippen LogP contribution in [0.3, 0.4) is 0 Å². The normalized spacial score (nSPS) is 15.8. The monoisotopic (exact) mass is 403 g/mol. The van der Waals surface area contributed by atoms with Crippen molar-refractivity contribution in [3.05, 3.63) is 39.4 Å². The predicted molar refractivity (Wildman–Crippen MR) is 92.1 cm³/mol. The maximum absolute atomic E-state index is 12.8. The molecule has 28 heavy (non-hydrogen) atoms. The summed E-state index contributed by atoms with van der Waals surface area (Å²) in [5.74, 6) is -1.38. The SMILES string of the molecule is CCOC(=O)c1cc(C(=O)N2CCCN(CC(F)(F)F)CC2)cc([N+](=O)[O-])c1. The molecule has 1 aromatic carbocycles. The highest BCUT2D eigenvalue weighted by atomic mass is 19.4. The number of benzene rings is 1. The smallest absolute Gasteiger partial charge is 0.401 e. The van der Waals surface area contributed by atoms with E-state index < -0.39 is 35.2 Å². The fourth-order valence-corrected chi connectivity index (χ4v) is 2.94. The predicted octanol–water partition coefficient (Wildman–Crippen LogP) is 2.48. The number of alkyl halides is 3. The van der Waals surface area contributed by atoms with Crippen molar-refractivity contribution in [1.82, 2.24) is 9.80 Å². The largest absolute Gasteiger partial charge is 0.462 e. The van der Waals surface area contributed by atoms with E-state index in [-0.39, 0.29) is 43.9 Å². The molecule has 11 heteroatoms. The molecule has 1 saturated heterocycles. The lowest BCUT2D eigenvalue weighted by Gasteiger charge is -2.23. The zero-order valence-corrected chi connectivity index (χ0v) is 15.2. The molecule has 1 heterocycles. The summed E-state index contributed by atoms with van der Waals surface area (Å²) in [6.07, 6.45) is -3.99. The number of halogens is 3. The van der Waals surface area contributed by atoms with Crippen LogP contribution in [0.5, 0.6) is 0 Å². The topological polar surface area (TPSA) is 93.0 Å². The Balaban J connectivity index is 2.20. The van der Waals surface area contributed by atoms with Crippen molar-refractivity contribution in [2.24, 2.45) is 0 Å². The van der Waals surface area contributed by atoms with Gasteiger partial charge in [-0.15, -0.1) is 0 Å². The Bertz CT molecular complexity index is 754. The average molecular weight is 403 g/mol. The first kappa shape index (κ1) is 21.6. The van der Waals surface area contributed by atoms with Crippen molar-refractivity contribution in [3.8, 4) is 0 Å². The van der Waals surface area contributed by atoms with Crippen LogP contribution in [-0.4, -0.2) is 72.1 Å². The molecule has 1 aromatic rings. The van der Waals surface area contributed by atoms with Gasteiger partial charge in [0.05, 0.1) is 23.6 Å². The van der Waals surface area contributed by atoms with Crippen molar-refractivity contribution in [3.63, 3.8) is 0 Å². The molecule has 1 amide bonds. The Kier molecular flexibility index (Phi) is 6.95. The first-order valence-corrected chi connectivity index (χ1v) is 8.65. The zero-order chi connectivity index (χ0) is 20.9. The third-order valence-corrected chi connectivity index (χ3v) is 4.17. The molecule has 0 spiro atoms. The van der Waals surface area contributed by atoms with Crippen LogP contribution in [0.4, 0.5) is 18.9 Å². The highest BCUT2D eigenvalue weighted by molar-refractivity contribution is 5.99. The number of carbonyl (C=O) groups excluding carboxylic acids is 2. The molecular formula is C17H20F3N3O5. The van der Waals surface area contributed by atoms with Gasteiger partial charge in [0.25, 0.3) is 11.6 Å². The molecule has 8 nitrogen and oxygen atoms in total. The zero-order valence-electron chi connectivity index (χ0n) is 15.2. The first-order chi connectivity index (χ1) is 13.1. The number of nitrogens with zero attached hydrogens (tertiary/aromatic N) is 3. The van der Waals surface area contributed by atoms with Gasteiger partial charge in [-0.05, 0) is 19.4 Å². The molecule has 0 saturated carbocycles. The molecule has 0 radical (unpaired) electrons. The van der Waals surface area contributed by atoms with Crippen molar-refractivity contribution < 1.29 is 32.4 Å². The molecule has 1 fully saturated rings. The van der Waals surface area contributed by atoms with Gasteiger partial charge in [0.1, 0.15) is 0 Å². The Morgan fingerprint density at radius 3 is 2.43 bits per heavy atom. The summed E-state index contributed by atoms with van der Waals surface area (Å²) in [6, 6.07) is 3.26. The number of rotatable bonds is 5. The molecule has 2 rings (SSSR count). The number of hydrogen-bond donors (Lipinski definition) is 0. The highest BCUT2D eigenvalue weighted by Crippen LogP contribution is 2.21. The van der Waals surface area contributed by atoms with Crippen LogP contribution >= 0.6 is 0 Å². The molecule has 154 valence electrons. The third kappa shape index (κ3) is 5.91. The van der Waals surface area contributed by atoms with Gasteiger partial charge in [0, 0.05) is 43.9 Å². The lowest BCUT2D eigenvalue weighted by atomic mass is 10.1. The van der Waals surface area contributed by atoms with Gasteiger partial charge in [-0.3, -0.25) is 19.8 Å². The van der Waals surface area contributed by atoms with Crippen LogP contribution in [-0.2, 0) is 4.74 Å². The van der Waals surface area contributed by atoms with Gasteiger partial charge >= 0.3 is 12.1 Å². The van der Waals surface area contributed by atoms with Crippen molar-refractivity contribution in [2.45, 2.75) is 19.5 Å². The fraction of sp³-hybridized carbons (Fsp3) is 0.529. The van der Waals surface area contributed by atoms with Crippen LogP contribution in [0.1, 0.15) is 34.1 Å². The second-order valence-electron chi connectivity index (χ2n) is 6.28. The summed E-state index contributed by atoms with van der Waals surface area (Å²) >= 11 is 0. The molecule has 1 aliphatic heterocycles. The van der Waals surface area contributed by atoms with Gasteiger partial charge in [-0.1, -0.05) is 0 Å². The Morgan fingerprint density at radius 1 is 1.14 bits per heavy atom. The number of nitro benzene ring substituents is 1.